The lowest BCUT2D eigenvalue weighted by molar-refractivity contribution is -0.149. The van der Waals surface area contributed by atoms with Gasteiger partial charge < -0.3 is 20.3 Å². The zero-order chi connectivity index (χ0) is 19.8. The van der Waals surface area contributed by atoms with Crippen molar-refractivity contribution in [3.05, 3.63) is 11.1 Å². The van der Waals surface area contributed by atoms with E-state index in [9.17, 15) is 4.79 Å². The molecule has 1 aromatic heterocycles. The maximum Gasteiger partial charge on any atom is 0.308 e. The smallest absolute Gasteiger partial charge is 0.308 e. The van der Waals surface area contributed by atoms with E-state index in [4.69, 9.17) is 9.72 Å². The van der Waals surface area contributed by atoms with E-state index in [1.807, 2.05) is 6.92 Å². The number of anilines is 1. The lowest BCUT2D eigenvalue weighted by atomic mass is 9.86. The molecule has 0 bridgehead atoms. The molecule has 164 valence electrons. The van der Waals surface area contributed by atoms with Gasteiger partial charge in [-0.1, -0.05) is 0 Å². The summed E-state index contributed by atoms with van der Waals surface area (Å²) in [6.07, 6.45) is 7.14. The van der Waals surface area contributed by atoms with Crippen LogP contribution in [-0.4, -0.2) is 56.2 Å². The van der Waals surface area contributed by atoms with Crippen molar-refractivity contribution in [3.8, 4) is 0 Å². The number of nitrogens with one attached hydrogen (secondary N) is 2. The maximum absolute atomic E-state index is 11.9. The molecule has 0 spiro atoms. The molecule has 7 nitrogen and oxygen atoms in total. The number of rotatable bonds is 7. The Morgan fingerprint density at radius 2 is 2.03 bits per heavy atom. The van der Waals surface area contributed by atoms with Crippen molar-refractivity contribution in [2.75, 3.05) is 38.2 Å². The Morgan fingerprint density at radius 1 is 1.31 bits per heavy atom. The first kappa shape index (κ1) is 24.2. The Balaban J connectivity index is 0.00000300. The molecular weight excluding hydrogens is 501 g/mol. The van der Waals surface area contributed by atoms with E-state index in [-0.39, 0.29) is 35.9 Å². The van der Waals surface area contributed by atoms with E-state index >= 15 is 0 Å². The molecule has 9 heteroatoms. The van der Waals surface area contributed by atoms with Gasteiger partial charge in [0.2, 0.25) is 0 Å². The molecule has 1 saturated carbocycles. The summed E-state index contributed by atoms with van der Waals surface area (Å²) >= 11 is 1.75. The molecule has 2 heterocycles. The fraction of sp³-hybridized carbons (Fsp3) is 0.750. The maximum atomic E-state index is 11.9. The molecule has 2 N–H and O–H groups in total. The van der Waals surface area contributed by atoms with Crippen LogP contribution in [0.25, 0.3) is 0 Å². The van der Waals surface area contributed by atoms with Crippen LogP contribution in [0, 0.1) is 5.92 Å². The van der Waals surface area contributed by atoms with Gasteiger partial charge in [-0.15, -0.1) is 35.3 Å². The molecule has 1 saturated heterocycles. The number of aromatic nitrogens is 1. The van der Waals surface area contributed by atoms with Gasteiger partial charge in [0.1, 0.15) is 0 Å². The van der Waals surface area contributed by atoms with E-state index in [0.717, 1.165) is 68.5 Å². The van der Waals surface area contributed by atoms with Crippen LogP contribution < -0.4 is 15.5 Å². The van der Waals surface area contributed by atoms with E-state index in [1.165, 1.54) is 12.8 Å². The minimum atomic E-state index is -0.0416. The van der Waals surface area contributed by atoms with Crippen LogP contribution in [0.1, 0.15) is 51.1 Å². The number of aliphatic imine (C=N–C) groups is 1. The Bertz CT molecular complexity index is 655. The number of carbonyl (C=O) groups is 1. The molecule has 2 fully saturated rings. The van der Waals surface area contributed by atoms with Gasteiger partial charge in [0.05, 0.1) is 18.2 Å². The van der Waals surface area contributed by atoms with Crippen LogP contribution in [0.5, 0.6) is 0 Å². The molecule has 1 aliphatic heterocycles. The van der Waals surface area contributed by atoms with Crippen molar-refractivity contribution in [1.29, 1.82) is 0 Å². The summed E-state index contributed by atoms with van der Waals surface area (Å²) in [6, 6.07) is 0.359. The third-order valence-corrected chi connectivity index (χ3v) is 6.45. The van der Waals surface area contributed by atoms with Gasteiger partial charge in [-0.2, -0.15) is 0 Å². The summed E-state index contributed by atoms with van der Waals surface area (Å²) in [5.41, 5.74) is 1.14. The molecular formula is C20H34IN5O2S. The van der Waals surface area contributed by atoms with Crippen molar-refractivity contribution in [2.24, 2.45) is 10.9 Å². The lowest BCUT2D eigenvalue weighted by Gasteiger charge is -2.29. The Labute approximate surface area is 195 Å². The first-order valence-electron chi connectivity index (χ1n) is 10.5. The largest absolute Gasteiger partial charge is 0.466 e. The topological polar surface area (TPSA) is 78.8 Å². The second-order valence-corrected chi connectivity index (χ2v) is 8.35. The number of ether oxygens (including phenoxy) is 1. The number of halogens is 1. The van der Waals surface area contributed by atoms with Crippen LogP contribution in [0.3, 0.4) is 0 Å². The van der Waals surface area contributed by atoms with Gasteiger partial charge in [-0.3, -0.25) is 9.79 Å². The van der Waals surface area contributed by atoms with Gasteiger partial charge >= 0.3 is 5.97 Å². The average Bonchev–Trinajstić information content (AvgIpc) is 3.39. The molecule has 0 atom stereocenters. The predicted molar refractivity (Wildman–Crippen MR) is 130 cm³/mol. The van der Waals surface area contributed by atoms with Crippen molar-refractivity contribution >= 4 is 52.4 Å². The number of nitrogens with zero attached hydrogens (tertiary/aromatic N) is 3. The molecule has 1 aromatic rings. The zero-order valence-corrected chi connectivity index (χ0v) is 20.6. The highest BCUT2D eigenvalue weighted by Crippen LogP contribution is 2.26. The van der Waals surface area contributed by atoms with Gasteiger partial charge in [0.25, 0.3) is 0 Å². The van der Waals surface area contributed by atoms with Crippen molar-refractivity contribution < 1.29 is 9.53 Å². The Morgan fingerprint density at radius 3 is 2.69 bits per heavy atom. The van der Waals surface area contributed by atoms with Gasteiger partial charge in [0.15, 0.2) is 11.1 Å². The summed E-state index contributed by atoms with van der Waals surface area (Å²) in [5.74, 6) is 0.844. The minimum absolute atomic E-state index is 0. The van der Waals surface area contributed by atoms with Gasteiger partial charge in [0, 0.05) is 44.5 Å². The monoisotopic (exact) mass is 535 g/mol. The Hall–Kier alpha value is -1.10. The number of hydrogen-bond acceptors (Lipinski definition) is 6. The summed E-state index contributed by atoms with van der Waals surface area (Å²) in [7, 11) is 1.80. The molecule has 1 aliphatic carbocycles. The third kappa shape index (κ3) is 7.27. The molecule has 0 radical (unpaired) electrons. The zero-order valence-electron chi connectivity index (χ0n) is 17.5. The minimum Gasteiger partial charge on any atom is -0.466 e. The van der Waals surface area contributed by atoms with Crippen molar-refractivity contribution in [2.45, 2.75) is 57.9 Å². The fourth-order valence-electron chi connectivity index (χ4n) is 3.90. The van der Waals surface area contributed by atoms with Crippen molar-refractivity contribution in [1.82, 2.24) is 15.6 Å². The lowest BCUT2D eigenvalue weighted by Crippen LogP contribution is -2.45. The van der Waals surface area contributed by atoms with E-state index < -0.39 is 0 Å². The van der Waals surface area contributed by atoms with E-state index in [1.54, 1.807) is 18.4 Å². The highest BCUT2D eigenvalue weighted by Gasteiger charge is 2.27. The number of guanidine groups is 1. The molecule has 0 amide bonds. The highest BCUT2D eigenvalue weighted by atomic mass is 127. The molecule has 0 unspecified atom stereocenters. The van der Waals surface area contributed by atoms with E-state index in [0.29, 0.717) is 12.6 Å². The fourth-order valence-corrected chi connectivity index (χ4v) is 4.81. The Kier molecular flexibility index (Phi) is 10.5. The van der Waals surface area contributed by atoms with Crippen LogP contribution >= 0.6 is 35.3 Å². The van der Waals surface area contributed by atoms with Crippen LogP contribution in [0.15, 0.2) is 10.4 Å². The van der Waals surface area contributed by atoms with Crippen LogP contribution in [0.2, 0.25) is 0 Å². The average molecular weight is 535 g/mol. The highest BCUT2D eigenvalue weighted by molar-refractivity contribution is 14.0. The number of carbonyl (C=O) groups excluding carboxylic acids is 1. The number of hydrogen-bond donors (Lipinski definition) is 2. The third-order valence-electron chi connectivity index (χ3n) is 5.50. The summed E-state index contributed by atoms with van der Waals surface area (Å²) in [5, 5.41) is 10.2. The summed E-state index contributed by atoms with van der Waals surface area (Å²) in [4.78, 5) is 23.4. The first-order chi connectivity index (χ1) is 13.7. The molecule has 0 aromatic carbocycles. The molecule has 2 aliphatic rings. The second kappa shape index (κ2) is 12.6. The molecule has 3 rings (SSSR count). The summed E-state index contributed by atoms with van der Waals surface area (Å²) < 4.78 is 5.14. The summed E-state index contributed by atoms with van der Waals surface area (Å²) in [6.45, 7) is 5.41. The number of thiazole rings is 1. The predicted octanol–water partition coefficient (Wildman–Crippen LogP) is 3.19. The standard InChI is InChI=1S/C20H33N5O2S.HI/c1-3-27-18(26)15-6-8-16(9-7-15)23-19(21-2)22-11-10-17-14-28-20(24-17)25-12-4-5-13-25;/h14-16H,3-13H2,1-2H3,(H2,21,22,23);1H. The second-order valence-electron chi connectivity index (χ2n) is 7.51. The van der Waals surface area contributed by atoms with Gasteiger partial charge in [-0.25, -0.2) is 4.98 Å². The van der Waals surface area contributed by atoms with Crippen LogP contribution in [0.4, 0.5) is 5.13 Å². The quantitative estimate of drug-likeness (QED) is 0.242. The normalized spacial score (nSPS) is 22.1. The first-order valence-corrected chi connectivity index (χ1v) is 11.4. The van der Waals surface area contributed by atoms with Gasteiger partial charge in [-0.05, 0) is 45.4 Å². The van der Waals surface area contributed by atoms with E-state index in [2.05, 4.69) is 25.9 Å². The van der Waals surface area contributed by atoms with Crippen molar-refractivity contribution in [3.63, 3.8) is 0 Å². The number of esters is 1. The van der Waals surface area contributed by atoms with Crippen LogP contribution in [-0.2, 0) is 16.0 Å². The SMILES string of the molecule is CCOC(=O)C1CCC(NC(=NC)NCCc2csc(N3CCCC3)n2)CC1.I. The molecule has 29 heavy (non-hydrogen) atoms.